The molecule has 2 amide bonds. The average molecular weight is 627 g/mol. The summed E-state index contributed by atoms with van der Waals surface area (Å²) in [6, 6.07) is 16.7. The fraction of sp³-hybridized carbons (Fsp3) is 0.300. The van der Waals surface area contributed by atoms with Crippen molar-refractivity contribution in [2.75, 3.05) is 37.4 Å². The molecule has 0 unspecified atom stereocenters. The second kappa shape index (κ2) is 12.6. The lowest BCUT2D eigenvalue weighted by molar-refractivity contribution is 0.0139. The first-order valence-electron chi connectivity index (χ1n) is 14.6. The molecule has 230 valence electrons. The minimum Gasteiger partial charge on any atom is -0.379 e. The van der Waals surface area contributed by atoms with E-state index in [1.807, 2.05) is 36.4 Å². The predicted molar refractivity (Wildman–Crippen MR) is 165 cm³/mol. The molecule has 1 fully saturated rings. The molecule has 0 bridgehead atoms. The number of nitrogen functional groups attached to an aromatic ring is 1. The van der Waals surface area contributed by atoms with Crippen molar-refractivity contribution in [1.82, 2.24) is 40.5 Å². The summed E-state index contributed by atoms with van der Waals surface area (Å²) in [7, 11) is 0. The zero-order valence-electron chi connectivity index (χ0n) is 24.2. The molecule has 3 aromatic heterocycles. The maximum atomic E-state index is 13.3. The van der Waals surface area contributed by atoms with Gasteiger partial charge in [0.05, 0.1) is 18.9 Å². The molecule has 1 aliphatic carbocycles. The normalized spacial score (nSPS) is 16.7. The van der Waals surface area contributed by atoms with Gasteiger partial charge in [0.2, 0.25) is 11.6 Å². The van der Waals surface area contributed by atoms with Gasteiger partial charge >= 0.3 is 0 Å². The summed E-state index contributed by atoms with van der Waals surface area (Å²) in [6.07, 6.45) is 2.91. The summed E-state index contributed by atoms with van der Waals surface area (Å²) < 4.78 is 11.6. The largest absolute Gasteiger partial charge is 0.379 e. The van der Waals surface area contributed by atoms with Crippen LogP contribution < -0.4 is 16.4 Å². The zero-order valence-corrected chi connectivity index (χ0v) is 25.0. The maximum Gasteiger partial charge on any atom is 0.274 e. The second-order valence-electron chi connectivity index (χ2n) is 10.8. The summed E-state index contributed by atoms with van der Waals surface area (Å²) in [5.41, 5.74) is 9.29. The fourth-order valence-corrected chi connectivity index (χ4v) is 6.77. The van der Waals surface area contributed by atoms with Gasteiger partial charge in [0.15, 0.2) is 10.8 Å². The molecule has 4 N–H and O–H groups in total. The van der Waals surface area contributed by atoms with Gasteiger partial charge in [0.25, 0.3) is 11.8 Å². The first kappa shape index (κ1) is 28.8. The smallest absolute Gasteiger partial charge is 0.274 e. The number of aromatic nitrogens is 6. The van der Waals surface area contributed by atoms with Crippen LogP contribution in [0.25, 0.3) is 17.1 Å². The van der Waals surface area contributed by atoms with Gasteiger partial charge in [-0.25, -0.2) is 9.61 Å². The number of nitrogens with zero attached hydrogens (tertiary/aromatic N) is 7. The monoisotopic (exact) mass is 626 g/mol. The first-order chi connectivity index (χ1) is 22.0. The van der Waals surface area contributed by atoms with Crippen LogP contribution in [0.1, 0.15) is 43.4 Å². The number of carbonyl (C=O) groups excluding carboxylic acids is 2. The number of hydrogen-bond acceptors (Lipinski definition) is 12. The summed E-state index contributed by atoms with van der Waals surface area (Å²) in [4.78, 5) is 35.0. The minimum atomic E-state index is -0.464. The van der Waals surface area contributed by atoms with Crippen molar-refractivity contribution in [3.8, 4) is 17.1 Å². The number of ether oxygens (including phenoxy) is 1. The van der Waals surface area contributed by atoms with Crippen molar-refractivity contribution in [3.63, 3.8) is 0 Å². The van der Waals surface area contributed by atoms with E-state index < -0.39 is 5.91 Å². The number of fused-ring (bicyclic) bond motifs is 1. The number of morpholine rings is 1. The first-order valence-corrected chi connectivity index (χ1v) is 15.4. The Hall–Kier alpha value is -4.99. The Labute approximate surface area is 261 Å². The molecule has 0 spiro atoms. The van der Waals surface area contributed by atoms with E-state index in [-0.39, 0.29) is 29.8 Å². The molecule has 1 aliphatic heterocycles. The van der Waals surface area contributed by atoms with E-state index >= 15 is 0 Å². The van der Waals surface area contributed by atoms with Crippen molar-refractivity contribution in [2.24, 2.45) is 0 Å². The molecule has 7 rings (SSSR count). The number of thiazole rings is 1. The molecule has 1 atom stereocenters. The lowest BCUT2D eigenvalue weighted by Gasteiger charge is -2.36. The van der Waals surface area contributed by atoms with Crippen LogP contribution in [0.2, 0.25) is 0 Å². The molecular formula is C30H30N10O4S. The standard InChI is InChI=1S/C30H30N10O4S/c31-26-27(37-44-36-26)40-25(19-6-2-1-3-7-19)24(35-38-40)29(42)32-17-18-5-4-8-20(15-18)28(41)34-30-33-22-10-9-21(16-23(22)45-30)39-11-13-43-14-12-39/h1-8,15,21H,9-14,16-17H2,(H2,31,36)(H,32,42)(H,33,34,41)/t21-/m0/s1. The number of benzene rings is 2. The van der Waals surface area contributed by atoms with E-state index in [4.69, 9.17) is 20.1 Å². The Balaban J connectivity index is 1.02. The Kier molecular flexibility index (Phi) is 8.02. The second-order valence-corrected chi connectivity index (χ2v) is 11.9. The minimum absolute atomic E-state index is 0.00855. The highest BCUT2D eigenvalue weighted by Gasteiger charge is 2.29. The van der Waals surface area contributed by atoms with Crippen molar-refractivity contribution in [3.05, 3.63) is 82.0 Å². The third-order valence-corrected chi connectivity index (χ3v) is 9.00. The molecule has 5 aromatic rings. The number of amides is 2. The Bertz CT molecular complexity index is 1830. The molecule has 0 radical (unpaired) electrons. The van der Waals surface area contributed by atoms with Crippen molar-refractivity contribution in [1.29, 1.82) is 0 Å². The highest BCUT2D eigenvalue weighted by molar-refractivity contribution is 7.15. The number of nitrogens with two attached hydrogens (primary N) is 1. The number of nitrogens with one attached hydrogen (secondary N) is 2. The predicted octanol–water partition coefficient (Wildman–Crippen LogP) is 2.73. The number of rotatable bonds is 8. The molecular weight excluding hydrogens is 596 g/mol. The zero-order chi connectivity index (χ0) is 30.8. The van der Waals surface area contributed by atoms with Gasteiger partial charge in [-0.2, -0.15) is 4.68 Å². The van der Waals surface area contributed by atoms with Crippen LogP contribution >= 0.6 is 11.3 Å². The molecule has 45 heavy (non-hydrogen) atoms. The van der Waals surface area contributed by atoms with Crippen LogP contribution in [-0.2, 0) is 24.1 Å². The SMILES string of the molecule is Nc1nonc1-n1nnc(C(=O)NCc2cccc(C(=O)Nc3nc4c(s3)C[C@@H](N3CCOCC3)CC4)c2)c1-c1ccccc1. The Morgan fingerprint density at radius 3 is 2.69 bits per heavy atom. The van der Waals surface area contributed by atoms with E-state index in [0.717, 1.165) is 56.8 Å². The van der Waals surface area contributed by atoms with Gasteiger partial charge in [-0.1, -0.05) is 47.7 Å². The highest BCUT2D eigenvalue weighted by Crippen LogP contribution is 2.32. The van der Waals surface area contributed by atoms with Crippen LogP contribution in [0.3, 0.4) is 0 Å². The van der Waals surface area contributed by atoms with Crippen molar-refractivity contribution >= 4 is 34.1 Å². The van der Waals surface area contributed by atoms with E-state index in [1.165, 1.54) is 9.56 Å². The third-order valence-electron chi connectivity index (χ3n) is 7.97. The lowest BCUT2D eigenvalue weighted by atomic mass is 9.96. The molecule has 0 saturated carbocycles. The molecule has 2 aromatic carbocycles. The summed E-state index contributed by atoms with van der Waals surface area (Å²) in [5.74, 6) is -0.591. The maximum absolute atomic E-state index is 13.3. The number of hydrogen-bond donors (Lipinski definition) is 3. The Morgan fingerprint density at radius 1 is 1.04 bits per heavy atom. The summed E-state index contributed by atoms with van der Waals surface area (Å²) >= 11 is 1.55. The summed E-state index contributed by atoms with van der Waals surface area (Å²) in [6.45, 7) is 3.64. The van der Waals surface area contributed by atoms with Gasteiger partial charge < -0.3 is 15.8 Å². The van der Waals surface area contributed by atoms with Crippen molar-refractivity contribution < 1.29 is 19.0 Å². The number of carbonyl (C=O) groups is 2. The van der Waals surface area contributed by atoms with Crippen LogP contribution in [0.4, 0.5) is 10.9 Å². The van der Waals surface area contributed by atoms with E-state index in [9.17, 15) is 9.59 Å². The van der Waals surface area contributed by atoms with Crippen LogP contribution in [0, 0.1) is 0 Å². The molecule has 4 heterocycles. The van der Waals surface area contributed by atoms with Crippen LogP contribution in [0.5, 0.6) is 0 Å². The van der Waals surface area contributed by atoms with Gasteiger partial charge in [-0.05, 0) is 47.3 Å². The molecule has 15 heteroatoms. The van der Waals surface area contributed by atoms with Gasteiger partial charge in [-0.3, -0.25) is 19.8 Å². The topological polar surface area (TPSA) is 179 Å². The molecule has 14 nitrogen and oxygen atoms in total. The molecule has 1 saturated heterocycles. The lowest BCUT2D eigenvalue weighted by Crippen LogP contribution is -2.45. The quantitative estimate of drug-likeness (QED) is 0.231. The van der Waals surface area contributed by atoms with E-state index in [1.54, 1.807) is 29.5 Å². The van der Waals surface area contributed by atoms with Gasteiger partial charge in [0, 0.05) is 41.7 Å². The van der Waals surface area contributed by atoms with Gasteiger partial charge in [-0.15, -0.1) is 16.4 Å². The third kappa shape index (κ3) is 6.05. The molecule has 2 aliphatic rings. The van der Waals surface area contributed by atoms with E-state index in [0.29, 0.717) is 28.0 Å². The summed E-state index contributed by atoms with van der Waals surface area (Å²) in [5, 5.41) is 22.1. The van der Waals surface area contributed by atoms with Gasteiger partial charge in [0.1, 0.15) is 5.69 Å². The van der Waals surface area contributed by atoms with Crippen molar-refractivity contribution in [2.45, 2.75) is 31.8 Å². The van der Waals surface area contributed by atoms with Crippen LogP contribution in [-0.4, -0.2) is 79.4 Å². The fourth-order valence-electron chi connectivity index (χ4n) is 5.70. The number of aryl methyl sites for hydroxylation is 1. The van der Waals surface area contributed by atoms with E-state index in [2.05, 4.69) is 36.2 Å². The van der Waals surface area contributed by atoms with Crippen LogP contribution in [0.15, 0.2) is 59.2 Å². The Morgan fingerprint density at radius 2 is 1.89 bits per heavy atom. The average Bonchev–Trinajstić information content (AvgIpc) is 3.82. The number of anilines is 2. The highest BCUT2D eigenvalue weighted by atomic mass is 32.1.